The second kappa shape index (κ2) is 14.7. The highest BCUT2D eigenvalue weighted by atomic mass is 28.4. The predicted molar refractivity (Wildman–Crippen MR) is 154 cm³/mol. The number of ether oxygens (including phenoxy) is 6. The summed E-state index contributed by atoms with van der Waals surface area (Å²) < 4.78 is 41.4. The Kier molecular flexibility index (Phi) is 11.1. The number of carbonyl (C=O) groups excluding carboxylic acids is 4. The average Bonchev–Trinajstić information content (AvgIpc) is 3.19. The molecule has 0 amide bonds. The molecule has 2 heterocycles. The fourth-order valence-electron chi connectivity index (χ4n) is 5.58. The summed E-state index contributed by atoms with van der Waals surface area (Å²) in [7, 11) is -2.82. The second-order valence-corrected chi connectivity index (χ2v) is 14.1. The standard InChI is InChI=1S/C31H38O11Si/c1-20(32)36-19-26-28(37-21(2)33)29(38-22(3)34)30(39-23(4)35)31(40-26)41-27-17-11-12-18-43(42-27,24-13-7-5-8-14-24)25-15-9-6-10-16-25/h5-10,13-16,26-31H,11-12,17-19H2,1-4H3/t26-,27?,28-,29+,30-,31?/m1/s1. The van der Waals surface area contributed by atoms with Gasteiger partial charge >= 0.3 is 23.9 Å². The molecule has 0 saturated carbocycles. The lowest BCUT2D eigenvalue weighted by molar-refractivity contribution is -0.332. The summed E-state index contributed by atoms with van der Waals surface area (Å²) in [5.41, 5.74) is 0. The maximum absolute atomic E-state index is 12.3. The molecule has 2 unspecified atom stereocenters. The van der Waals surface area contributed by atoms with Crippen molar-refractivity contribution >= 4 is 42.6 Å². The van der Waals surface area contributed by atoms with Crippen molar-refractivity contribution in [1.82, 2.24) is 0 Å². The van der Waals surface area contributed by atoms with Crippen LogP contribution in [0.25, 0.3) is 0 Å². The first kappa shape index (κ1) is 32.3. The lowest BCUT2D eigenvalue weighted by Gasteiger charge is -2.45. The SMILES string of the molecule is CC(=O)OC[C@H]1OC(OC2CCCC[Si](c3ccccc3)(c3ccccc3)O2)[C@H](OC(C)=O)[C@@H](OC(C)=O)[C@@H]1OC(C)=O. The van der Waals surface area contributed by atoms with E-state index in [1.165, 1.54) is 27.7 Å². The van der Waals surface area contributed by atoms with Crippen molar-refractivity contribution in [1.29, 1.82) is 0 Å². The van der Waals surface area contributed by atoms with Crippen LogP contribution in [0.15, 0.2) is 60.7 Å². The predicted octanol–water partition coefficient (Wildman–Crippen LogP) is 2.37. The van der Waals surface area contributed by atoms with E-state index in [0.29, 0.717) is 6.42 Å². The Hall–Kier alpha value is -3.58. The zero-order valence-corrected chi connectivity index (χ0v) is 25.8. The third-order valence-corrected chi connectivity index (χ3v) is 11.5. The summed E-state index contributed by atoms with van der Waals surface area (Å²) in [6.45, 7) is 4.43. The maximum atomic E-state index is 12.3. The number of carbonyl (C=O) groups is 4. The van der Waals surface area contributed by atoms with Crippen molar-refractivity contribution in [3.8, 4) is 0 Å². The summed E-state index contributed by atoms with van der Waals surface area (Å²) in [5.74, 6) is -2.70. The Labute approximate surface area is 251 Å². The van der Waals surface area contributed by atoms with E-state index in [0.717, 1.165) is 29.3 Å². The van der Waals surface area contributed by atoms with Crippen molar-refractivity contribution < 1.29 is 52.0 Å². The van der Waals surface area contributed by atoms with Gasteiger partial charge in [0.15, 0.2) is 24.6 Å². The molecule has 0 N–H and O–H groups in total. The molecule has 43 heavy (non-hydrogen) atoms. The molecule has 0 spiro atoms. The molecular formula is C31H38O11Si. The third-order valence-electron chi connectivity index (χ3n) is 7.27. The molecule has 232 valence electrons. The monoisotopic (exact) mass is 614 g/mol. The summed E-state index contributed by atoms with van der Waals surface area (Å²) >= 11 is 0. The van der Waals surface area contributed by atoms with Crippen LogP contribution < -0.4 is 10.4 Å². The average molecular weight is 615 g/mol. The number of benzene rings is 2. The molecule has 0 bridgehead atoms. The van der Waals surface area contributed by atoms with Gasteiger partial charge in [0.1, 0.15) is 12.7 Å². The van der Waals surface area contributed by atoms with Crippen LogP contribution in [-0.4, -0.2) is 75.8 Å². The Morgan fingerprint density at radius 1 is 0.721 bits per heavy atom. The van der Waals surface area contributed by atoms with Crippen molar-refractivity contribution in [2.45, 2.75) is 90.0 Å². The smallest absolute Gasteiger partial charge is 0.303 e. The molecule has 2 fully saturated rings. The molecule has 2 aliphatic heterocycles. The zero-order chi connectivity index (χ0) is 31.0. The molecule has 0 aromatic heterocycles. The fraction of sp³-hybridized carbons (Fsp3) is 0.484. The summed E-state index contributed by atoms with van der Waals surface area (Å²) in [4.78, 5) is 48.2. The molecule has 0 radical (unpaired) electrons. The minimum atomic E-state index is -2.82. The lowest BCUT2D eigenvalue weighted by Crippen LogP contribution is -2.65. The normalized spacial score (nSPS) is 26.8. The molecule has 2 aromatic rings. The first-order valence-corrected chi connectivity index (χ1v) is 16.5. The van der Waals surface area contributed by atoms with Crippen LogP contribution in [0.4, 0.5) is 0 Å². The van der Waals surface area contributed by atoms with Gasteiger partial charge in [-0.25, -0.2) is 0 Å². The molecule has 2 aliphatic rings. The van der Waals surface area contributed by atoms with Crippen molar-refractivity contribution in [2.24, 2.45) is 0 Å². The van der Waals surface area contributed by atoms with E-state index in [9.17, 15) is 19.2 Å². The van der Waals surface area contributed by atoms with Crippen LogP contribution in [0.2, 0.25) is 6.04 Å². The first-order valence-electron chi connectivity index (χ1n) is 14.3. The third kappa shape index (κ3) is 8.29. The zero-order valence-electron chi connectivity index (χ0n) is 24.8. The minimum Gasteiger partial charge on any atom is -0.463 e. The number of hydrogen-bond donors (Lipinski definition) is 0. The van der Waals surface area contributed by atoms with Crippen molar-refractivity contribution in [3.63, 3.8) is 0 Å². The van der Waals surface area contributed by atoms with Gasteiger partial charge in [-0.2, -0.15) is 0 Å². The van der Waals surface area contributed by atoms with Gasteiger partial charge in [0.2, 0.25) is 6.29 Å². The highest BCUT2D eigenvalue weighted by molar-refractivity contribution is 6.97. The summed E-state index contributed by atoms with van der Waals surface area (Å²) in [6.07, 6.45) is -4.92. The highest BCUT2D eigenvalue weighted by Gasteiger charge is 2.54. The topological polar surface area (TPSA) is 133 Å². The Bertz CT molecular complexity index is 1220. The molecule has 6 atom stereocenters. The Balaban J connectivity index is 1.72. The first-order chi connectivity index (χ1) is 20.6. The van der Waals surface area contributed by atoms with Gasteiger partial charge in [0, 0.05) is 27.7 Å². The van der Waals surface area contributed by atoms with E-state index in [2.05, 4.69) is 24.3 Å². The van der Waals surface area contributed by atoms with E-state index >= 15 is 0 Å². The molecule has 4 rings (SSSR count). The van der Waals surface area contributed by atoms with Gasteiger partial charge in [0.25, 0.3) is 8.32 Å². The van der Waals surface area contributed by atoms with Crippen LogP contribution in [0.1, 0.15) is 47.0 Å². The van der Waals surface area contributed by atoms with Gasteiger partial charge in [0.05, 0.1) is 0 Å². The van der Waals surface area contributed by atoms with E-state index in [1.807, 2.05) is 36.4 Å². The van der Waals surface area contributed by atoms with E-state index in [-0.39, 0.29) is 6.61 Å². The molecule has 2 saturated heterocycles. The van der Waals surface area contributed by atoms with Gasteiger partial charge in [-0.1, -0.05) is 67.1 Å². The Morgan fingerprint density at radius 3 is 1.79 bits per heavy atom. The van der Waals surface area contributed by atoms with Gasteiger partial charge in [-0.15, -0.1) is 0 Å². The highest BCUT2D eigenvalue weighted by Crippen LogP contribution is 2.33. The van der Waals surface area contributed by atoms with E-state index in [1.54, 1.807) is 0 Å². The lowest BCUT2D eigenvalue weighted by atomic mass is 9.98. The van der Waals surface area contributed by atoms with Crippen molar-refractivity contribution in [2.75, 3.05) is 6.61 Å². The number of esters is 4. The molecular weight excluding hydrogens is 576 g/mol. The van der Waals surface area contributed by atoms with Gasteiger partial charge in [-0.3, -0.25) is 19.2 Å². The van der Waals surface area contributed by atoms with Crippen LogP contribution >= 0.6 is 0 Å². The summed E-state index contributed by atoms with van der Waals surface area (Å²) in [5, 5.41) is 2.16. The Morgan fingerprint density at radius 2 is 1.26 bits per heavy atom. The second-order valence-electron chi connectivity index (χ2n) is 10.6. The molecule has 0 aliphatic carbocycles. The number of rotatable bonds is 9. The summed E-state index contributed by atoms with van der Waals surface area (Å²) in [6, 6.07) is 20.9. The molecule has 2 aromatic carbocycles. The quantitative estimate of drug-likeness (QED) is 0.234. The van der Waals surface area contributed by atoms with Crippen LogP contribution in [0, 0.1) is 0 Å². The molecule has 11 nitrogen and oxygen atoms in total. The minimum absolute atomic E-state index is 0.337. The van der Waals surface area contributed by atoms with Gasteiger partial charge in [-0.05, 0) is 29.3 Å². The van der Waals surface area contributed by atoms with Crippen LogP contribution in [0.3, 0.4) is 0 Å². The largest absolute Gasteiger partial charge is 0.463 e. The molecule has 12 heteroatoms. The van der Waals surface area contributed by atoms with Crippen LogP contribution in [-0.2, 0) is 52.0 Å². The van der Waals surface area contributed by atoms with E-state index in [4.69, 9.17) is 32.8 Å². The van der Waals surface area contributed by atoms with Crippen LogP contribution in [0.5, 0.6) is 0 Å². The van der Waals surface area contributed by atoms with E-state index < -0.39 is 69.2 Å². The fourth-order valence-corrected chi connectivity index (χ4v) is 9.71. The van der Waals surface area contributed by atoms with Crippen molar-refractivity contribution in [3.05, 3.63) is 60.7 Å². The number of hydrogen-bond acceptors (Lipinski definition) is 11. The maximum Gasteiger partial charge on any atom is 0.303 e. The van der Waals surface area contributed by atoms with Gasteiger partial charge < -0.3 is 32.8 Å².